The van der Waals surface area contributed by atoms with Crippen LogP contribution in [0, 0.1) is 0 Å². The van der Waals surface area contributed by atoms with Crippen LogP contribution in [0.25, 0.3) is 0 Å². The molecule has 1 unspecified atom stereocenters. The molecule has 0 aromatic heterocycles. The Morgan fingerprint density at radius 3 is 2.76 bits per heavy atom. The van der Waals surface area contributed by atoms with Gasteiger partial charge in [0.05, 0.1) is 13.2 Å². The third-order valence-electron chi connectivity index (χ3n) is 4.53. The molecule has 1 N–H and O–H groups in total. The van der Waals surface area contributed by atoms with E-state index in [4.69, 9.17) is 4.74 Å². The molecule has 0 amide bonds. The molecule has 21 heavy (non-hydrogen) atoms. The number of rotatable bonds is 5. The highest BCUT2D eigenvalue weighted by Crippen LogP contribution is 2.37. The summed E-state index contributed by atoms with van der Waals surface area (Å²) in [4.78, 5) is 4.49. The van der Waals surface area contributed by atoms with Gasteiger partial charge >= 0.3 is 0 Å². The number of nitrogens with zero attached hydrogens (tertiary/aromatic N) is 1. The normalized spacial score (nSPS) is 22.7. The van der Waals surface area contributed by atoms with E-state index in [9.17, 15) is 0 Å². The maximum Gasteiger partial charge on any atom is 0.122 e. The van der Waals surface area contributed by atoms with E-state index >= 15 is 0 Å². The summed E-state index contributed by atoms with van der Waals surface area (Å²) in [7, 11) is 0. The van der Waals surface area contributed by atoms with Crippen molar-refractivity contribution < 1.29 is 4.74 Å². The SMILES string of the molecule is CC1CN=C(CCOc2ccccc2C2CCCCC2)N1. The van der Waals surface area contributed by atoms with Crippen molar-refractivity contribution in [2.24, 2.45) is 4.99 Å². The first-order chi connectivity index (χ1) is 10.3. The molecule has 1 heterocycles. The summed E-state index contributed by atoms with van der Waals surface area (Å²) < 4.78 is 6.07. The lowest BCUT2D eigenvalue weighted by Crippen LogP contribution is -2.28. The molecule has 2 aliphatic rings. The minimum Gasteiger partial charge on any atom is -0.493 e. The number of para-hydroxylation sites is 1. The van der Waals surface area contributed by atoms with E-state index in [0.717, 1.165) is 24.6 Å². The average Bonchev–Trinajstić information content (AvgIpc) is 2.94. The van der Waals surface area contributed by atoms with Gasteiger partial charge in [0.1, 0.15) is 11.6 Å². The molecule has 114 valence electrons. The Bertz CT molecular complexity index is 492. The first-order valence-electron chi connectivity index (χ1n) is 8.34. The molecule has 1 atom stereocenters. The molecule has 1 aliphatic heterocycles. The van der Waals surface area contributed by atoms with E-state index < -0.39 is 0 Å². The van der Waals surface area contributed by atoms with Crippen molar-refractivity contribution in [3.8, 4) is 5.75 Å². The van der Waals surface area contributed by atoms with Crippen LogP contribution in [0.15, 0.2) is 29.3 Å². The second-order valence-corrected chi connectivity index (χ2v) is 6.30. The zero-order valence-corrected chi connectivity index (χ0v) is 13.0. The number of amidine groups is 1. The summed E-state index contributed by atoms with van der Waals surface area (Å²) in [5.41, 5.74) is 1.41. The zero-order chi connectivity index (χ0) is 14.5. The molecule has 0 spiro atoms. The van der Waals surface area contributed by atoms with E-state index in [1.165, 1.54) is 37.7 Å². The van der Waals surface area contributed by atoms with Gasteiger partial charge in [-0.3, -0.25) is 4.99 Å². The summed E-state index contributed by atoms with van der Waals surface area (Å²) in [5.74, 6) is 2.87. The van der Waals surface area contributed by atoms with E-state index in [2.05, 4.69) is 41.5 Å². The van der Waals surface area contributed by atoms with Crippen LogP contribution in [0.4, 0.5) is 0 Å². The van der Waals surface area contributed by atoms with Crippen LogP contribution >= 0.6 is 0 Å². The molecule has 1 fully saturated rings. The Morgan fingerprint density at radius 2 is 2.00 bits per heavy atom. The van der Waals surface area contributed by atoms with Gasteiger partial charge in [-0.25, -0.2) is 0 Å². The molecule has 1 aliphatic carbocycles. The van der Waals surface area contributed by atoms with Crippen LogP contribution in [0.2, 0.25) is 0 Å². The predicted octanol–water partition coefficient (Wildman–Crippen LogP) is 3.89. The van der Waals surface area contributed by atoms with Crippen molar-refractivity contribution in [3.05, 3.63) is 29.8 Å². The van der Waals surface area contributed by atoms with Crippen molar-refractivity contribution in [2.75, 3.05) is 13.2 Å². The fourth-order valence-electron chi connectivity index (χ4n) is 3.39. The number of ether oxygens (including phenoxy) is 1. The number of nitrogens with one attached hydrogen (secondary N) is 1. The summed E-state index contributed by atoms with van der Waals surface area (Å²) >= 11 is 0. The van der Waals surface area contributed by atoms with Crippen molar-refractivity contribution >= 4 is 5.84 Å². The Balaban J connectivity index is 1.57. The van der Waals surface area contributed by atoms with Crippen LogP contribution in [-0.4, -0.2) is 25.0 Å². The molecule has 0 saturated heterocycles. The monoisotopic (exact) mass is 286 g/mol. The van der Waals surface area contributed by atoms with Gasteiger partial charge in [0, 0.05) is 12.5 Å². The van der Waals surface area contributed by atoms with E-state index in [0.29, 0.717) is 18.6 Å². The molecule has 0 bridgehead atoms. The fourth-order valence-corrected chi connectivity index (χ4v) is 3.39. The van der Waals surface area contributed by atoms with Gasteiger partial charge in [-0.2, -0.15) is 0 Å². The van der Waals surface area contributed by atoms with E-state index in [1.807, 2.05) is 0 Å². The lowest BCUT2D eigenvalue weighted by atomic mass is 9.84. The number of hydrogen-bond acceptors (Lipinski definition) is 3. The molecule has 1 aromatic rings. The van der Waals surface area contributed by atoms with Crippen molar-refractivity contribution in [1.29, 1.82) is 0 Å². The maximum absolute atomic E-state index is 6.07. The maximum atomic E-state index is 6.07. The molecule has 1 saturated carbocycles. The lowest BCUT2D eigenvalue weighted by Gasteiger charge is -2.24. The van der Waals surface area contributed by atoms with Gasteiger partial charge in [-0.15, -0.1) is 0 Å². The van der Waals surface area contributed by atoms with Crippen LogP contribution in [-0.2, 0) is 0 Å². The Labute approximate surface area is 127 Å². The van der Waals surface area contributed by atoms with Crippen LogP contribution in [0.3, 0.4) is 0 Å². The van der Waals surface area contributed by atoms with Gasteiger partial charge in [0.2, 0.25) is 0 Å². The van der Waals surface area contributed by atoms with Crippen molar-refractivity contribution in [1.82, 2.24) is 5.32 Å². The molecule has 3 rings (SSSR count). The van der Waals surface area contributed by atoms with Crippen LogP contribution in [0.1, 0.15) is 56.9 Å². The number of aliphatic imine (C=N–C) groups is 1. The molecular formula is C18H26N2O. The van der Waals surface area contributed by atoms with Crippen molar-refractivity contribution in [2.45, 2.75) is 57.4 Å². The van der Waals surface area contributed by atoms with Gasteiger partial charge in [0.15, 0.2) is 0 Å². The van der Waals surface area contributed by atoms with Gasteiger partial charge in [-0.1, -0.05) is 37.5 Å². The van der Waals surface area contributed by atoms with Gasteiger partial charge in [-0.05, 0) is 37.3 Å². The lowest BCUT2D eigenvalue weighted by molar-refractivity contribution is 0.317. The Morgan fingerprint density at radius 1 is 1.19 bits per heavy atom. The smallest absolute Gasteiger partial charge is 0.122 e. The number of hydrogen-bond donors (Lipinski definition) is 1. The molecule has 1 aromatic carbocycles. The topological polar surface area (TPSA) is 33.6 Å². The average molecular weight is 286 g/mol. The molecule has 0 radical (unpaired) electrons. The highest BCUT2D eigenvalue weighted by Gasteiger charge is 2.19. The second kappa shape index (κ2) is 6.97. The Hall–Kier alpha value is -1.51. The number of benzene rings is 1. The minimum atomic E-state index is 0.481. The molecule has 3 heteroatoms. The summed E-state index contributed by atoms with van der Waals surface area (Å²) in [6.07, 6.45) is 7.61. The van der Waals surface area contributed by atoms with Gasteiger partial charge in [0.25, 0.3) is 0 Å². The molecule has 3 nitrogen and oxygen atoms in total. The molecular weight excluding hydrogens is 260 g/mol. The standard InChI is InChI=1S/C18H26N2O/c1-14-13-19-18(20-14)11-12-21-17-10-6-5-9-16(17)15-7-3-2-4-8-15/h5-6,9-10,14-15H,2-4,7-8,11-13H2,1H3,(H,19,20). The second-order valence-electron chi connectivity index (χ2n) is 6.30. The third-order valence-corrected chi connectivity index (χ3v) is 4.53. The van der Waals surface area contributed by atoms with Crippen LogP contribution in [0.5, 0.6) is 5.75 Å². The fraction of sp³-hybridized carbons (Fsp3) is 0.611. The first kappa shape index (κ1) is 14.4. The van der Waals surface area contributed by atoms with Gasteiger partial charge < -0.3 is 10.1 Å². The van der Waals surface area contributed by atoms with Crippen molar-refractivity contribution in [3.63, 3.8) is 0 Å². The third kappa shape index (κ3) is 3.78. The van der Waals surface area contributed by atoms with E-state index in [1.54, 1.807) is 0 Å². The summed E-state index contributed by atoms with van der Waals surface area (Å²) in [6.45, 7) is 3.77. The predicted molar refractivity (Wildman–Crippen MR) is 87.3 cm³/mol. The summed E-state index contributed by atoms with van der Waals surface area (Å²) in [6, 6.07) is 9.07. The highest BCUT2D eigenvalue weighted by molar-refractivity contribution is 5.84. The summed E-state index contributed by atoms with van der Waals surface area (Å²) in [5, 5.41) is 3.39. The quantitative estimate of drug-likeness (QED) is 0.891. The zero-order valence-electron chi connectivity index (χ0n) is 13.0. The first-order valence-corrected chi connectivity index (χ1v) is 8.34. The largest absolute Gasteiger partial charge is 0.493 e. The van der Waals surface area contributed by atoms with Crippen LogP contribution < -0.4 is 10.1 Å². The Kier molecular flexibility index (Phi) is 4.79. The van der Waals surface area contributed by atoms with E-state index in [-0.39, 0.29) is 0 Å². The highest BCUT2D eigenvalue weighted by atomic mass is 16.5. The minimum absolute atomic E-state index is 0.481.